The van der Waals surface area contributed by atoms with Gasteiger partial charge in [0, 0.05) is 0 Å². The van der Waals surface area contributed by atoms with Crippen molar-refractivity contribution in [2.75, 3.05) is 7.11 Å². The van der Waals surface area contributed by atoms with Gasteiger partial charge in [0.2, 0.25) is 0 Å². The molecule has 2 aliphatic rings. The molecule has 92 valence electrons. The first-order valence-corrected chi connectivity index (χ1v) is 6.48. The molecule has 2 aliphatic carbocycles. The number of fused-ring (bicyclic) bond motifs is 3. The average molecular weight is 238 g/mol. The third kappa shape index (κ3) is 1.91. The van der Waals surface area contributed by atoms with Gasteiger partial charge in [-0.2, -0.15) is 0 Å². The fourth-order valence-corrected chi connectivity index (χ4v) is 3.72. The molecule has 2 nitrogen and oxygen atoms in total. The van der Waals surface area contributed by atoms with Gasteiger partial charge in [-0.05, 0) is 53.9 Å². The maximum atomic E-state index is 12.1. The molecule has 0 unspecified atom stereocenters. The Morgan fingerprint density at radius 2 is 2.11 bits per heavy atom. The summed E-state index contributed by atoms with van der Waals surface area (Å²) in [5, 5.41) is 12.1. The van der Waals surface area contributed by atoms with Gasteiger partial charge in [0.15, 0.2) is 0 Å². The van der Waals surface area contributed by atoms with Gasteiger partial charge in [0.25, 0.3) is 0 Å². The molecule has 0 spiro atoms. The van der Waals surface area contributed by atoms with Crippen molar-refractivity contribution >= 4 is 0 Å². The van der Waals surface area contributed by atoms with Crippen molar-refractivity contribution in [3.05, 3.63) is 29.3 Å². The van der Waals surface area contributed by atoms with Crippen LogP contribution in [0.2, 0.25) is 0 Å². The Hall–Kier alpha value is -0.423. The van der Waals surface area contributed by atoms with Crippen LogP contribution in [-0.2, 0) is 6.42 Å². The summed E-state index contributed by atoms with van der Waals surface area (Å²) in [6.07, 6.45) is 3.59. The van der Waals surface area contributed by atoms with E-state index < -0.39 is 0 Å². The molecule has 1 aromatic rings. The maximum absolute atomic E-state index is 12.1. The van der Waals surface area contributed by atoms with Crippen LogP contribution >= 0.6 is 0 Å². The first kappa shape index (κ1) is 14.0. The molecular weight excluding hydrogens is 219 g/mol. The van der Waals surface area contributed by atoms with E-state index in [1.54, 1.807) is 7.11 Å². The second kappa shape index (κ2) is 4.93. The molecule has 0 amide bonds. The molecule has 18 heavy (non-hydrogen) atoms. The van der Waals surface area contributed by atoms with Crippen LogP contribution in [0, 0.1) is 5.41 Å². The van der Waals surface area contributed by atoms with E-state index in [-0.39, 0.29) is 30.4 Å². The molecule has 0 aliphatic heterocycles. The van der Waals surface area contributed by atoms with E-state index in [2.05, 4.69) is 19.1 Å². The Labute approximate surface area is 121 Å². The second-order valence-corrected chi connectivity index (χ2v) is 5.69. The van der Waals surface area contributed by atoms with Gasteiger partial charge in [-0.25, -0.2) is 0 Å². The van der Waals surface area contributed by atoms with Gasteiger partial charge in [0.05, 0.1) is 7.11 Å². The topological polar surface area (TPSA) is 32.3 Å². The molecule has 3 rings (SSSR count). The van der Waals surface area contributed by atoms with Gasteiger partial charge in [-0.3, -0.25) is 0 Å². The van der Waals surface area contributed by atoms with Gasteiger partial charge in [-0.1, -0.05) is 19.4 Å². The molecule has 0 bridgehead atoms. The minimum absolute atomic E-state index is 0. The molecule has 0 saturated heterocycles. The summed E-state index contributed by atoms with van der Waals surface area (Å²) in [7, 11) is 1.71. The van der Waals surface area contributed by atoms with Gasteiger partial charge in [0.1, 0.15) is 5.75 Å². The van der Waals surface area contributed by atoms with E-state index in [1.807, 2.05) is 6.07 Å². The number of hydrogen-bond acceptors (Lipinski definition) is 2. The first-order chi connectivity index (χ1) is 8.15. The molecule has 3 atom stereocenters. The molecule has 1 fully saturated rings. The standard InChI is InChI=1S/C15H19O2.Li/c1-15-8-7-10-9-11(17-2)3-4-12(10)13(15)5-6-14(15)16;/h3-4,9,13-14H,5-8H2,1-2H3;/q-1;+1/t13-,14+,15-;/m1./s1. The van der Waals surface area contributed by atoms with Crippen LogP contribution in [-0.4, -0.2) is 13.2 Å². The van der Waals surface area contributed by atoms with Crippen molar-refractivity contribution in [1.82, 2.24) is 0 Å². The average Bonchev–Trinajstić information content (AvgIpc) is 2.65. The molecule has 0 radical (unpaired) electrons. The Balaban J connectivity index is 0.00000120. The van der Waals surface area contributed by atoms with Crippen molar-refractivity contribution in [1.29, 1.82) is 0 Å². The number of methoxy groups -OCH3 is 1. The fraction of sp³-hybridized carbons (Fsp3) is 0.600. The summed E-state index contributed by atoms with van der Waals surface area (Å²) in [4.78, 5) is 0. The Bertz CT molecular complexity index is 446. The zero-order valence-corrected chi connectivity index (χ0v) is 11.5. The van der Waals surface area contributed by atoms with Crippen molar-refractivity contribution in [3.63, 3.8) is 0 Å². The SMILES string of the molecule is COc1ccc2c(c1)CC[C@]1(C)[C@@H]2CC[C@@H]1[O-].[Li+]. The van der Waals surface area contributed by atoms with E-state index in [0.29, 0.717) is 5.92 Å². The second-order valence-electron chi connectivity index (χ2n) is 5.69. The van der Waals surface area contributed by atoms with Crippen molar-refractivity contribution < 1.29 is 28.7 Å². The third-order valence-corrected chi connectivity index (χ3v) is 4.91. The minimum Gasteiger partial charge on any atom is -0.852 e. The first-order valence-electron chi connectivity index (χ1n) is 6.48. The van der Waals surface area contributed by atoms with Gasteiger partial charge < -0.3 is 9.84 Å². The zero-order chi connectivity index (χ0) is 12.0. The van der Waals surface area contributed by atoms with Crippen molar-refractivity contribution in [3.8, 4) is 5.75 Å². The Morgan fingerprint density at radius 1 is 1.33 bits per heavy atom. The summed E-state index contributed by atoms with van der Waals surface area (Å²) < 4.78 is 5.28. The summed E-state index contributed by atoms with van der Waals surface area (Å²) in [5.41, 5.74) is 2.78. The van der Waals surface area contributed by atoms with Crippen LogP contribution in [0.1, 0.15) is 43.2 Å². The van der Waals surface area contributed by atoms with E-state index in [4.69, 9.17) is 4.74 Å². The normalized spacial score (nSPS) is 33.3. The molecule has 0 aromatic heterocycles. The smallest absolute Gasteiger partial charge is 0.852 e. The summed E-state index contributed by atoms with van der Waals surface area (Å²) >= 11 is 0. The van der Waals surface area contributed by atoms with Gasteiger partial charge in [-0.15, -0.1) is 6.10 Å². The molecular formula is C15H19LiO2. The van der Waals surface area contributed by atoms with Crippen molar-refractivity contribution in [2.24, 2.45) is 5.41 Å². The summed E-state index contributed by atoms with van der Waals surface area (Å²) in [5.74, 6) is 1.41. The molecule has 1 aromatic carbocycles. The summed E-state index contributed by atoms with van der Waals surface area (Å²) in [6, 6.07) is 6.35. The van der Waals surface area contributed by atoms with Crippen LogP contribution in [0.5, 0.6) is 5.75 Å². The minimum atomic E-state index is -0.372. The van der Waals surface area contributed by atoms with Gasteiger partial charge >= 0.3 is 18.9 Å². The van der Waals surface area contributed by atoms with E-state index >= 15 is 0 Å². The largest absolute Gasteiger partial charge is 1.00 e. The maximum Gasteiger partial charge on any atom is 1.00 e. The number of hydrogen-bond donors (Lipinski definition) is 0. The number of rotatable bonds is 1. The van der Waals surface area contributed by atoms with Crippen LogP contribution < -0.4 is 28.7 Å². The summed E-state index contributed by atoms with van der Waals surface area (Å²) in [6.45, 7) is 2.19. The molecule has 3 heteroatoms. The van der Waals surface area contributed by atoms with E-state index in [0.717, 1.165) is 31.4 Å². The zero-order valence-electron chi connectivity index (χ0n) is 11.5. The van der Waals surface area contributed by atoms with Crippen molar-refractivity contribution in [2.45, 2.75) is 44.6 Å². The van der Waals surface area contributed by atoms with E-state index in [9.17, 15) is 5.11 Å². The Morgan fingerprint density at radius 3 is 2.83 bits per heavy atom. The third-order valence-electron chi connectivity index (χ3n) is 4.91. The van der Waals surface area contributed by atoms with Crippen LogP contribution in [0.15, 0.2) is 18.2 Å². The molecule has 1 saturated carbocycles. The van der Waals surface area contributed by atoms with E-state index in [1.165, 1.54) is 11.1 Å². The van der Waals surface area contributed by atoms with Crippen LogP contribution in [0.4, 0.5) is 0 Å². The van der Waals surface area contributed by atoms with Crippen LogP contribution in [0.25, 0.3) is 0 Å². The molecule has 0 heterocycles. The predicted molar refractivity (Wildman–Crippen MR) is 65.2 cm³/mol. The number of ether oxygens (including phenoxy) is 1. The quantitative estimate of drug-likeness (QED) is 0.604. The Kier molecular flexibility index (Phi) is 3.83. The molecule has 0 N–H and O–H groups in total. The predicted octanol–water partition coefficient (Wildman–Crippen LogP) is -0.742. The van der Waals surface area contributed by atoms with Crippen LogP contribution in [0.3, 0.4) is 0 Å². The number of aryl methyl sites for hydroxylation is 1. The monoisotopic (exact) mass is 238 g/mol. The number of benzene rings is 1. The fourth-order valence-electron chi connectivity index (χ4n) is 3.72.